The summed E-state index contributed by atoms with van der Waals surface area (Å²) in [6, 6.07) is -0.282. The van der Waals surface area contributed by atoms with E-state index in [4.69, 9.17) is 24.0 Å². The number of carbonyl (C=O) groups is 2. The molecule has 0 unspecified atom stereocenters. The molecular formula is C27H44BN5O5. The van der Waals surface area contributed by atoms with Crippen LogP contribution < -0.4 is 15.7 Å². The summed E-state index contributed by atoms with van der Waals surface area (Å²) in [6.07, 6.45) is 8.07. The summed E-state index contributed by atoms with van der Waals surface area (Å²) in [5.41, 5.74) is -0.686. The summed E-state index contributed by atoms with van der Waals surface area (Å²) in [7, 11) is -0.506. The van der Waals surface area contributed by atoms with Gasteiger partial charge in [-0.1, -0.05) is 0 Å². The molecule has 1 saturated carbocycles. The van der Waals surface area contributed by atoms with Crippen LogP contribution in [0.3, 0.4) is 0 Å². The number of nitrogens with zero attached hydrogens (tertiary/aromatic N) is 4. The molecule has 210 valence electrons. The molecule has 2 aliphatic heterocycles. The molecule has 11 heteroatoms. The summed E-state index contributed by atoms with van der Waals surface area (Å²) < 4.78 is 17.6. The monoisotopic (exact) mass is 529 g/mol. The fourth-order valence-corrected chi connectivity index (χ4v) is 4.86. The number of hydrogen-bond donors (Lipinski definition) is 1. The number of anilines is 1. The van der Waals surface area contributed by atoms with Gasteiger partial charge in [0.15, 0.2) is 0 Å². The number of alkyl carbamates (subject to hydrolysis) is 1. The van der Waals surface area contributed by atoms with Crippen molar-refractivity contribution in [2.75, 3.05) is 18.0 Å². The number of rotatable bonds is 7. The molecule has 1 aliphatic carbocycles. The molecule has 2 amide bonds. The lowest BCUT2D eigenvalue weighted by Crippen LogP contribution is -2.56. The molecule has 1 N–H and O–H groups in total. The van der Waals surface area contributed by atoms with Gasteiger partial charge in [0.1, 0.15) is 11.6 Å². The zero-order chi connectivity index (χ0) is 27.9. The van der Waals surface area contributed by atoms with Gasteiger partial charge >= 0.3 is 13.2 Å². The van der Waals surface area contributed by atoms with Crippen LogP contribution in [-0.4, -0.2) is 82.0 Å². The van der Waals surface area contributed by atoms with Crippen LogP contribution in [0.2, 0.25) is 0 Å². The van der Waals surface area contributed by atoms with Gasteiger partial charge in [0.05, 0.1) is 11.2 Å². The Bertz CT molecular complexity index is 992. The predicted octanol–water partition coefficient (Wildman–Crippen LogP) is 3.04. The number of hydrogen-bond acceptors (Lipinski definition) is 8. The molecule has 38 heavy (non-hydrogen) atoms. The lowest BCUT2D eigenvalue weighted by molar-refractivity contribution is -0.136. The molecule has 3 heterocycles. The number of piperidine rings is 1. The molecule has 1 aromatic heterocycles. The minimum absolute atomic E-state index is 0.0195. The highest BCUT2D eigenvalue weighted by atomic mass is 16.7. The maximum Gasteiger partial charge on any atom is 0.498 e. The van der Waals surface area contributed by atoms with Gasteiger partial charge in [0.2, 0.25) is 11.9 Å². The van der Waals surface area contributed by atoms with Crippen LogP contribution in [0.4, 0.5) is 10.7 Å². The summed E-state index contributed by atoms with van der Waals surface area (Å²) >= 11 is 0. The van der Waals surface area contributed by atoms with Crippen molar-refractivity contribution in [2.24, 2.45) is 0 Å². The van der Waals surface area contributed by atoms with E-state index in [1.165, 1.54) is 0 Å². The number of carbonyl (C=O) groups excluding carboxylic acids is 2. The van der Waals surface area contributed by atoms with E-state index < -0.39 is 36.1 Å². The normalized spacial score (nSPS) is 23.6. The van der Waals surface area contributed by atoms with E-state index in [1.807, 2.05) is 32.6 Å². The topological polar surface area (TPSA) is 106 Å². The van der Waals surface area contributed by atoms with Gasteiger partial charge in [0.25, 0.3) is 0 Å². The van der Waals surface area contributed by atoms with E-state index in [0.29, 0.717) is 25.1 Å². The van der Waals surface area contributed by atoms with Crippen LogP contribution in [0.15, 0.2) is 12.4 Å². The molecule has 10 nitrogen and oxygen atoms in total. The first-order valence-electron chi connectivity index (χ1n) is 13.9. The zero-order valence-corrected chi connectivity index (χ0v) is 24.2. The predicted molar refractivity (Wildman–Crippen MR) is 146 cm³/mol. The minimum Gasteiger partial charge on any atom is -0.444 e. The molecule has 2 atom stereocenters. The van der Waals surface area contributed by atoms with Crippen molar-refractivity contribution in [1.29, 1.82) is 0 Å². The van der Waals surface area contributed by atoms with E-state index in [2.05, 4.69) is 10.2 Å². The van der Waals surface area contributed by atoms with E-state index in [0.717, 1.165) is 37.6 Å². The Balaban J connectivity index is 1.43. The van der Waals surface area contributed by atoms with Gasteiger partial charge < -0.3 is 29.2 Å². The standard InChI is InChI=1S/C27H44BN5O5/c1-18(31-24(35)36-25(2,3)4)22(34)32-14-10-9-11-21(32)17-33(20-12-13-20)23-29-15-19(16-30-23)28-37-26(5,6)27(7,8)38-28/h15-16,18,20-21H,9-14,17H2,1-8H3,(H,31,35)/t18-,21+/m0/s1. The Morgan fingerprint density at radius 1 is 1.13 bits per heavy atom. The molecule has 0 aromatic carbocycles. The molecule has 1 aromatic rings. The molecule has 0 bridgehead atoms. The van der Waals surface area contributed by atoms with Crippen molar-refractivity contribution < 1.29 is 23.6 Å². The fraction of sp³-hybridized carbons (Fsp3) is 0.778. The molecule has 0 radical (unpaired) electrons. The van der Waals surface area contributed by atoms with Gasteiger partial charge in [-0.3, -0.25) is 4.79 Å². The lowest BCUT2D eigenvalue weighted by Gasteiger charge is -2.40. The lowest BCUT2D eigenvalue weighted by atomic mass is 9.81. The van der Waals surface area contributed by atoms with Crippen LogP contribution in [0.1, 0.15) is 87.5 Å². The van der Waals surface area contributed by atoms with Crippen LogP contribution >= 0.6 is 0 Å². The fourth-order valence-electron chi connectivity index (χ4n) is 4.86. The second-order valence-electron chi connectivity index (χ2n) is 12.8. The molecular weight excluding hydrogens is 485 g/mol. The quantitative estimate of drug-likeness (QED) is 0.538. The summed E-state index contributed by atoms with van der Waals surface area (Å²) in [6.45, 7) is 16.6. The second-order valence-corrected chi connectivity index (χ2v) is 12.8. The van der Waals surface area contributed by atoms with Crippen LogP contribution in [0.5, 0.6) is 0 Å². The average molecular weight is 529 g/mol. The molecule has 3 aliphatic rings. The first kappa shape index (κ1) is 28.6. The Morgan fingerprint density at radius 2 is 1.74 bits per heavy atom. The first-order chi connectivity index (χ1) is 17.7. The molecule has 3 fully saturated rings. The highest BCUT2D eigenvalue weighted by Crippen LogP contribution is 2.36. The number of likely N-dealkylation sites (tertiary alicyclic amines) is 1. The third-order valence-corrected chi connectivity index (χ3v) is 7.85. The number of ether oxygens (including phenoxy) is 1. The van der Waals surface area contributed by atoms with Crippen molar-refractivity contribution in [3.8, 4) is 0 Å². The van der Waals surface area contributed by atoms with Crippen LogP contribution in [0.25, 0.3) is 0 Å². The Morgan fingerprint density at radius 3 is 2.29 bits per heavy atom. The van der Waals surface area contributed by atoms with Crippen molar-refractivity contribution in [3.05, 3.63) is 12.4 Å². The second kappa shape index (κ2) is 10.6. The van der Waals surface area contributed by atoms with Crippen LogP contribution in [-0.2, 0) is 18.8 Å². The van der Waals surface area contributed by atoms with E-state index >= 15 is 0 Å². The highest BCUT2D eigenvalue weighted by Gasteiger charge is 2.52. The van der Waals surface area contributed by atoms with Gasteiger partial charge in [-0.25, -0.2) is 14.8 Å². The summed E-state index contributed by atoms with van der Waals surface area (Å²) in [4.78, 5) is 39.2. The molecule has 4 rings (SSSR count). The largest absolute Gasteiger partial charge is 0.498 e. The number of amides is 2. The number of aromatic nitrogens is 2. The maximum atomic E-state index is 13.4. The maximum absolute atomic E-state index is 13.4. The minimum atomic E-state index is -0.671. The van der Waals surface area contributed by atoms with Gasteiger partial charge in [0, 0.05) is 43.0 Å². The summed E-state index contributed by atoms with van der Waals surface area (Å²) in [5, 5.41) is 2.70. The summed E-state index contributed by atoms with van der Waals surface area (Å²) in [5.74, 6) is 0.569. The molecule has 0 spiro atoms. The highest BCUT2D eigenvalue weighted by molar-refractivity contribution is 6.61. The zero-order valence-electron chi connectivity index (χ0n) is 24.2. The van der Waals surface area contributed by atoms with Crippen LogP contribution in [0, 0.1) is 0 Å². The Labute approximate surface area is 227 Å². The third kappa shape index (κ3) is 6.59. The average Bonchev–Trinajstić information content (AvgIpc) is 3.62. The Kier molecular flexibility index (Phi) is 8.01. The van der Waals surface area contributed by atoms with Gasteiger partial charge in [-0.2, -0.15) is 0 Å². The SMILES string of the molecule is C[C@H](NC(=O)OC(C)(C)C)C(=O)N1CCCC[C@@H]1CN(c1ncc(B2OC(C)(C)C(C)(C)O2)cn1)C1CC1. The smallest absolute Gasteiger partial charge is 0.444 e. The van der Waals surface area contributed by atoms with Crippen molar-refractivity contribution in [2.45, 2.75) is 122 Å². The van der Waals surface area contributed by atoms with Crippen molar-refractivity contribution >= 4 is 30.5 Å². The number of nitrogens with one attached hydrogen (secondary N) is 1. The van der Waals surface area contributed by atoms with E-state index in [-0.39, 0.29) is 11.9 Å². The van der Waals surface area contributed by atoms with Crippen molar-refractivity contribution in [1.82, 2.24) is 20.2 Å². The van der Waals surface area contributed by atoms with E-state index in [9.17, 15) is 9.59 Å². The van der Waals surface area contributed by atoms with E-state index in [1.54, 1.807) is 40.1 Å². The third-order valence-electron chi connectivity index (χ3n) is 7.85. The van der Waals surface area contributed by atoms with Crippen molar-refractivity contribution in [3.63, 3.8) is 0 Å². The molecule has 2 saturated heterocycles. The van der Waals surface area contributed by atoms with Gasteiger partial charge in [-0.05, 0) is 87.5 Å². The Hall–Kier alpha value is -2.40. The van der Waals surface area contributed by atoms with Gasteiger partial charge in [-0.15, -0.1) is 0 Å². The first-order valence-corrected chi connectivity index (χ1v) is 13.9.